The van der Waals surface area contributed by atoms with Crippen molar-refractivity contribution in [2.24, 2.45) is 5.92 Å². The standard InChI is InChI=1S/C15H24N4/c1-2-16-10-12-5-6-14-13(9-12)11-17-15(18-14)19-7-3-4-8-19/h11-12,16H,2-10H2,1H3. The Labute approximate surface area is 115 Å². The summed E-state index contributed by atoms with van der Waals surface area (Å²) in [6.07, 6.45) is 8.17. The highest BCUT2D eigenvalue weighted by Gasteiger charge is 2.22. The van der Waals surface area contributed by atoms with E-state index in [-0.39, 0.29) is 0 Å². The first-order valence-electron chi connectivity index (χ1n) is 7.67. The van der Waals surface area contributed by atoms with Crippen LogP contribution < -0.4 is 10.2 Å². The maximum Gasteiger partial charge on any atom is 0.225 e. The Bertz CT molecular complexity index is 426. The van der Waals surface area contributed by atoms with Gasteiger partial charge in [0.15, 0.2) is 0 Å². The summed E-state index contributed by atoms with van der Waals surface area (Å²) in [5.41, 5.74) is 2.67. The summed E-state index contributed by atoms with van der Waals surface area (Å²) in [5, 5.41) is 3.46. The van der Waals surface area contributed by atoms with Crippen LogP contribution in [0, 0.1) is 5.92 Å². The number of rotatable bonds is 4. The average molecular weight is 260 g/mol. The lowest BCUT2D eigenvalue weighted by atomic mass is 9.87. The van der Waals surface area contributed by atoms with Gasteiger partial charge in [0.05, 0.1) is 0 Å². The van der Waals surface area contributed by atoms with Gasteiger partial charge in [-0.15, -0.1) is 0 Å². The van der Waals surface area contributed by atoms with Crippen LogP contribution in [0.5, 0.6) is 0 Å². The van der Waals surface area contributed by atoms with Gasteiger partial charge in [-0.05, 0) is 56.7 Å². The second kappa shape index (κ2) is 5.87. The van der Waals surface area contributed by atoms with Crippen LogP contribution in [0.15, 0.2) is 6.20 Å². The fraction of sp³-hybridized carbons (Fsp3) is 0.733. The van der Waals surface area contributed by atoms with Crippen molar-refractivity contribution in [3.8, 4) is 0 Å². The van der Waals surface area contributed by atoms with Gasteiger partial charge in [0.1, 0.15) is 0 Å². The van der Waals surface area contributed by atoms with E-state index in [9.17, 15) is 0 Å². The predicted octanol–water partition coefficient (Wildman–Crippen LogP) is 1.79. The Hall–Kier alpha value is -1.16. The van der Waals surface area contributed by atoms with E-state index in [0.29, 0.717) is 0 Å². The number of nitrogens with zero attached hydrogens (tertiary/aromatic N) is 3. The van der Waals surface area contributed by atoms with Crippen molar-refractivity contribution in [3.05, 3.63) is 17.5 Å². The van der Waals surface area contributed by atoms with Crippen LogP contribution in [0.2, 0.25) is 0 Å². The van der Waals surface area contributed by atoms with Crippen molar-refractivity contribution < 1.29 is 0 Å². The fourth-order valence-corrected chi connectivity index (χ4v) is 3.16. The van der Waals surface area contributed by atoms with Crippen LogP contribution in [0.1, 0.15) is 37.4 Å². The van der Waals surface area contributed by atoms with Gasteiger partial charge < -0.3 is 10.2 Å². The van der Waals surface area contributed by atoms with E-state index in [1.54, 1.807) is 0 Å². The fourth-order valence-electron chi connectivity index (χ4n) is 3.16. The van der Waals surface area contributed by atoms with Gasteiger partial charge in [-0.25, -0.2) is 9.97 Å². The number of hydrogen-bond donors (Lipinski definition) is 1. The average Bonchev–Trinajstić information content (AvgIpc) is 2.98. The summed E-state index contributed by atoms with van der Waals surface area (Å²) in [7, 11) is 0. The molecule has 1 atom stereocenters. The van der Waals surface area contributed by atoms with Crippen LogP contribution in [-0.2, 0) is 12.8 Å². The van der Waals surface area contributed by atoms with E-state index in [2.05, 4.69) is 28.3 Å². The van der Waals surface area contributed by atoms with Gasteiger partial charge in [0.25, 0.3) is 0 Å². The number of aromatic nitrogens is 2. The Morgan fingerprint density at radius 2 is 2.21 bits per heavy atom. The van der Waals surface area contributed by atoms with Crippen LogP contribution in [0.4, 0.5) is 5.95 Å². The monoisotopic (exact) mass is 260 g/mol. The van der Waals surface area contributed by atoms with E-state index in [4.69, 9.17) is 4.98 Å². The first-order valence-corrected chi connectivity index (χ1v) is 7.67. The molecule has 0 amide bonds. The van der Waals surface area contributed by atoms with Gasteiger partial charge in [0.2, 0.25) is 5.95 Å². The number of anilines is 1. The molecule has 4 nitrogen and oxygen atoms in total. The van der Waals surface area contributed by atoms with Crippen LogP contribution in [0.25, 0.3) is 0 Å². The van der Waals surface area contributed by atoms with E-state index >= 15 is 0 Å². The number of fused-ring (bicyclic) bond motifs is 1. The maximum absolute atomic E-state index is 4.80. The normalized spacial score (nSPS) is 22.6. The van der Waals surface area contributed by atoms with E-state index < -0.39 is 0 Å². The van der Waals surface area contributed by atoms with Gasteiger partial charge in [-0.2, -0.15) is 0 Å². The first kappa shape index (κ1) is 12.9. The summed E-state index contributed by atoms with van der Waals surface area (Å²) in [5.74, 6) is 1.72. The smallest absolute Gasteiger partial charge is 0.225 e. The van der Waals surface area contributed by atoms with Crippen molar-refractivity contribution in [2.75, 3.05) is 31.1 Å². The molecule has 4 heteroatoms. The Morgan fingerprint density at radius 3 is 3.00 bits per heavy atom. The van der Waals surface area contributed by atoms with Gasteiger partial charge in [0, 0.05) is 25.0 Å². The number of nitrogens with one attached hydrogen (secondary N) is 1. The molecule has 1 fully saturated rings. The molecule has 1 aliphatic heterocycles. The third-order valence-corrected chi connectivity index (χ3v) is 4.31. The molecular formula is C15H24N4. The highest BCUT2D eigenvalue weighted by Crippen LogP contribution is 2.25. The zero-order valence-corrected chi connectivity index (χ0v) is 11.9. The first-order chi connectivity index (χ1) is 9.36. The van der Waals surface area contributed by atoms with Gasteiger partial charge in [-0.3, -0.25) is 0 Å². The van der Waals surface area contributed by atoms with Gasteiger partial charge in [-0.1, -0.05) is 6.92 Å². The molecule has 1 aliphatic carbocycles. The van der Waals surface area contributed by atoms with E-state index in [1.807, 2.05) is 0 Å². The molecule has 19 heavy (non-hydrogen) atoms. The second-order valence-corrected chi connectivity index (χ2v) is 5.75. The lowest BCUT2D eigenvalue weighted by Crippen LogP contribution is -2.28. The van der Waals surface area contributed by atoms with Crippen molar-refractivity contribution in [3.63, 3.8) is 0 Å². The van der Waals surface area contributed by atoms with Crippen molar-refractivity contribution in [1.29, 1.82) is 0 Å². The maximum atomic E-state index is 4.80. The minimum atomic E-state index is 0.758. The molecule has 2 aliphatic rings. The highest BCUT2D eigenvalue weighted by atomic mass is 15.3. The second-order valence-electron chi connectivity index (χ2n) is 5.75. The summed E-state index contributed by atoms with van der Waals surface area (Å²) in [6, 6.07) is 0. The molecular weight excluding hydrogens is 236 g/mol. The number of hydrogen-bond acceptors (Lipinski definition) is 4. The molecule has 1 N–H and O–H groups in total. The Balaban J connectivity index is 1.69. The molecule has 0 saturated carbocycles. The van der Waals surface area contributed by atoms with Crippen LogP contribution >= 0.6 is 0 Å². The zero-order chi connectivity index (χ0) is 13.1. The zero-order valence-electron chi connectivity index (χ0n) is 11.9. The summed E-state index contributed by atoms with van der Waals surface area (Å²) in [6.45, 7) is 6.61. The minimum absolute atomic E-state index is 0.758. The molecule has 1 unspecified atom stereocenters. The number of aryl methyl sites for hydroxylation is 1. The molecule has 104 valence electrons. The molecule has 1 aromatic heterocycles. The summed E-state index contributed by atoms with van der Waals surface area (Å²) in [4.78, 5) is 11.7. The highest BCUT2D eigenvalue weighted by molar-refractivity contribution is 5.35. The van der Waals surface area contributed by atoms with Crippen molar-refractivity contribution in [2.45, 2.75) is 39.0 Å². The van der Waals surface area contributed by atoms with Crippen molar-refractivity contribution >= 4 is 5.95 Å². The third kappa shape index (κ3) is 2.89. The lowest BCUT2D eigenvalue weighted by molar-refractivity contribution is 0.424. The summed E-state index contributed by atoms with van der Waals surface area (Å²) < 4.78 is 0. The third-order valence-electron chi connectivity index (χ3n) is 4.31. The van der Waals surface area contributed by atoms with Crippen LogP contribution in [-0.4, -0.2) is 36.1 Å². The molecule has 0 bridgehead atoms. The topological polar surface area (TPSA) is 41.1 Å². The predicted molar refractivity (Wildman–Crippen MR) is 77.5 cm³/mol. The SMILES string of the molecule is CCNCC1CCc2nc(N3CCCC3)ncc2C1. The summed E-state index contributed by atoms with van der Waals surface area (Å²) >= 11 is 0. The van der Waals surface area contributed by atoms with Gasteiger partial charge >= 0.3 is 0 Å². The molecule has 3 rings (SSSR count). The largest absolute Gasteiger partial charge is 0.341 e. The molecule has 1 aromatic rings. The quantitative estimate of drug-likeness (QED) is 0.896. The Morgan fingerprint density at radius 1 is 1.37 bits per heavy atom. The minimum Gasteiger partial charge on any atom is -0.341 e. The van der Waals surface area contributed by atoms with Crippen molar-refractivity contribution in [1.82, 2.24) is 15.3 Å². The molecule has 0 aromatic carbocycles. The van der Waals surface area contributed by atoms with Crippen LogP contribution in [0.3, 0.4) is 0 Å². The van der Waals surface area contributed by atoms with E-state index in [1.165, 1.54) is 30.5 Å². The molecule has 0 radical (unpaired) electrons. The molecule has 2 heterocycles. The molecule has 1 saturated heterocycles. The lowest BCUT2D eigenvalue weighted by Gasteiger charge is -2.25. The Kier molecular flexibility index (Phi) is 3.97. The molecule has 0 spiro atoms. The van der Waals surface area contributed by atoms with E-state index in [0.717, 1.165) is 50.9 Å².